The molecule has 0 radical (unpaired) electrons. The van der Waals surface area contributed by atoms with Crippen LogP contribution in [0.3, 0.4) is 0 Å². The maximum absolute atomic E-state index is 11.8. The van der Waals surface area contributed by atoms with Gasteiger partial charge in [-0.3, -0.25) is 4.79 Å². The van der Waals surface area contributed by atoms with E-state index >= 15 is 0 Å². The molecule has 2 aliphatic rings. The van der Waals surface area contributed by atoms with Gasteiger partial charge >= 0.3 is 0 Å². The lowest BCUT2D eigenvalue weighted by molar-refractivity contribution is -0.120. The molecular formula is C15H26O. The molecule has 2 saturated carbocycles. The van der Waals surface area contributed by atoms with E-state index in [1.807, 2.05) is 0 Å². The van der Waals surface area contributed by atoms with Crippen LogP contribution >= 0.6 is 0 Å². The zero-order valence-electron chi connectivity index (χ0n) is 10.5. The summed E-state index contributed by atoms with van der Waals surface area (Å²) in [5.74, 6) is 1.86. The number of hydrogen-bond donors (Lipinski definition) is 0. The molecule has 0 aromatic rings. The molecule has 2 fully saturated rings. The van der Waals surface area contributed by atoms with Crippen LogP contribution in [0.4, 0.5) is 0 Å². The fourth-order valence-electron chi connectivity index (χ4n) is 3.09. The van der Waals surface area contributed by atoms with Gasteiger partial charge in [-0.1, -0.05) is 51.4 Å². The second-order valence-corrected chi connectivity index (χ2v) is 5.79. The van der Waals surface area contributed by atoms with Gasteiger partial charge in [-0.2, -0.15) is 0 Å². The molecule has 0 aliphatic heterocycles. The monoisotopic (exact) mass is 222 g/mol. The number of Topliss-reactive ketones (excluding diaryl/α,β-unsaturated/α-hetero) is 1. The summed E-state index contributed by atoms with van der Waals surface area (Å²) in [6.45, 7) is 0. The first kappa shape index (κ1) is 12.1. The van der Waals surface area contributed by atoms with Crippen molar-refractivity contribution < 1.29 is 4.79 Å². The summed E-state index contributed by atoms with van der Waals surface area (Å²) in [7, 11) is 0. The smallest absolute Gasteiger partial charge is 0.136 e. The molecule has 1 nitrogen and oxygen atoms in total. The Bertz CT molecular complexity index is 221. The first-order chi connectivity index (χ1) is 7.88. The number of fused-ring (bicyclic) bond motifs is 1. The molecule has 2 rings (SSSR count). The van der Waals surface area contributed by atoms with Gasteiger partial charge in [0.05, 0.1) is 0 Å². The van der Waals surface area contributed by atoms with Crippen LogP contribution in [0.1, 0.15) is 77.0 Å². The van der Waals surface area contributed by atoms with Crippen LogP contribution in [0.25, 0.3) is 0 Å². The lowest BCUT2D eigenvalue weighted by Gasteiger charge is -2.05. The van der Waals surface area contributed by atoms with Crippen molar-refractivity contribution in [3.8, 4) is 0 Å². The van der Waals surface area contributed by atoms with Crippen LogP contribution in [-0.4, -0.2) is 5.78 Å². The van der Waals surface area contributed by atoms with Gasteiger partial charge in [-0.15, -0.1) is 0 Å². The fourth-order valence-corrected chi connectivity index (χ4v) is 3.09. The van der Waals surface area contributed by atoms with E-state index in [9.17, 15) is 4.79 Å². The second kappa shape index (κ2) is 6.42. The predicted molar refractivity (Wildman–Crippen MR) is 67.4 cm³/mol. The highest BCUT2D eigenvalue weighted by Gasteiger charge is 2.40. The summed E-state index contributed by atoms with van der Waals surface area (Å²) in [6, 6.07) is 0. The highest BCUT2D eigenvalue weighted by molar-refractivity contribution is 5.83. The van der Waals surface area contributed by atoms with Crippen molar-refractivity contribution in [2.24, 2.45) is 11.8 Å². The van der Waals surface area contributed by atoms with E-state index in [1.165, 1.54) is 64.2 Å². The lowest BCUT2D eigenvalue weighted by Crippen LogP contribution is -2.02. The molecule has 0 unspecified atom stereocenters. The summed E-state index contributed by atoms with van der Waals surface area (Å²) in [6.07, 6.45) is 15.6. The first-order valence-electron chi connectivity index (χ1n) is 7.40. The van der Waals surface area contributed by atoms with E-state index in [2.05, 4.69) is 0 Å². The third-order valence-electron chi connectivity index (χ3n) is 4.33. The molecule has 2 atom stereocenters. The van der Waals surface area contributed by atoms with E-state index in [0.29, 0.717) is 11.7 Å². The zero-order valence-corrected chi connectivity index (χ0v) is 10.5. The second-order valence-electron chi connectivity index (χ2n) is 5.79. The number of ketones is 1. The summed E-state index contributed by atoms with van der Waals surface area (Å²) in [4.78, 5) is 11.8. The van der Waals surface area contributed by atoms with Crippen molar-refractivity contribution in [3.05, 3.63) is 0 Å². The van der Waals surface area contributed by atoms with Gasteiger partial charge in [0.1, 0.15) is 5.78 Å². The summed E-state index contributed by atoms with van der Waals surface area (Å²) in [5, 5.41) is 0. The Morgan fingerprint density at radius 3 is 2.00 bits per heavy atom. The molecule has 0 bridgehead atoms. The predicted octanol–water partition coefficient (Wildman–Crippen LogP) is 4.50. The molecule has 0 spiro atoms. The van der Waals surface area contributed by atoms with Crippen LogP contribution in [0.5, 0.6) is 0 Å². The van der Waals surface area contributed by atoms with Crippen LogP contribution in [0.2, 0.25) is 0 Å². The van der Waals surface area contributed by atoms with Crippen LogP contribution < -0.4 is 0 Å². The van der Waals surface area contributed by atoms with E-state index in [1.54, 1.807) is 0 Å². The molecule has 1 heteroatoms. The van der Waals surface area contributed by atoms with Crippen molar-refractivity contribution >= 4 is 5.78 Å². The quantitative estimate of drug-likeness (QED) is 0.590. The van der Waals surface area contributed by atoms with Crippen molar-refractivity contribution in [1.29, 1.82) is 0 Å². The molecule has 16 heavy (non-hydrogen) atoms. The molecule has 92 valence electrons. The molecular weight excluding hydrogens is 196 g/mol. The molecule has 2 aliphatic carbocycles. The molecule has 0 aromatic carbocycles. The highest BCUT2D eigenvalue weighted by atomic mass is 16.1. The maximum Gasteiger partial charge on any atom is 0.136 e. The van der Waals surface area contributed by atoms with Gasteiger partial charge < -0.3 is 0 Å². The van der Waals surface area contributed by atoms with E-state index in [-0.39, 0.29) is 0 Å². The Hall–Kier alpha value is -0.330. The summed E-state index contributed by atoms with van der Waals surface area (Å²) >= 11 is 0. The van der Waals surface area contributed by atoms with Crippen molar-refractivity contribution in [3.63, 3.8) is 0 Å². The lowest BCUT2D eigenvalue weighted by atomic mass is 10.0. The van der Waals surface area contributed by atoms with E-state index in [0.717, 1.165) is 18.8 Å². The van der Waals surface area contributed by atoms with Crippen LogP contribution in [0, 0.1) is 11.8 Å². The zero-order chi connectivity index (χ0) is 11.2. The Morgan fingerprint density at radius 2 is 1.31 bits per heavy atom. The van der Waals surface area contributed by atoms with Crippen LogP contribution in [0.15, 0.2) is 0 Å². The van der Waals surface area contributed by atoms with Gasteiger partial charge in [-0.05, 0) is 25.2 Å². The minimum Gasteiger partial charge on any atom is -0.299 e. The van der Waals surface area contributed by atoms with Crippen molar-refractivity contribution in [1.82, 2.24) is 0 Å². The normalized spacial score (nSPS) is 33.9. The average molecular weight is 222 g/mol. The Morgan fingerprint density at radius 1 is 0.750 bits per heavy atom. The molecule has 0 aromatic heterocycles. The third kappa shape index (κ3) is 3.92. The first-order valence-corrected chi connectivity index (χ1v) is 7.40. The topological polar surface area (TPSA) is 17.1 Å². The minimum absolute atomic E-state index is 0.489. The molecule has 0 amide bonds. The van der Waals surface area contributed by atoms with Gasteiger partial charge in [0.25, 0.3) is 0 Å². The van der Waals surface area contributed by atoms with Gasteiger partial charge in [0, 0.05) is 12.3 Å². The third-order valence-corrected chi connectivity index (χ3v) is 4.33. The average Bonchev–Trinajstić information content (AvgIpc) is 3.04. The number of carbonyl (C=O) groups excluding carboxylic acids is 1. The van der Waals surface area contributed by atoms with Crippen molar-refractivity contribution in [2.45, 2.75) is 77.0 Å². The van der Waals surface area contributed by atoms with Crippen LogP contribution in [-0.2, 0) is 4.79 Å². The molecule has 0 heterocycles. The minimum atomic E-state index is 0.489. The summed E-state index contributed by atoms with van der Waals surface area (Å²) in [5.41, 5.74) is 0. The summed E-state index contributed by atoms with van der Waals surface area (Å²) < 4.78 is 0. The van der Waals surface area contributed by atoms with Gasteiger partial charge in [0.15, 0.2) is 0 Å². The van der Waals surface area contributed by atoms with Gasteiger partial charge in [-0.25, -0.2) is 0 Å². The maximum atomic E-state index is 11.8. The SMILES string of the molecule is O=C1CCCCCCCCCCC[C@@H]2C[C@@H]12. The Labute approximate surface area is 100.0 Å². The highest BCUT2D eigenvalue weighted by Crippen LogP contribution is 2.44. The number of hydrogen-bond acceptors (Lipinski definition) is 1. The molecule has 0 N–H and O–H groups in total. The number of carbonyl (C=O) groups is 1. The standard InChI is InChI=1S/C15H26O/c16-15-11-9-7-5-3-1-2-4-6-8-10-13-12-14(13)15/h13-14H,1-12H2/t13-,14-/m1/s1. The Balaban J connectivity index is 1.71. The number of rotatable bonds is 0. The largest absolute Gasteiger partial charge is 0.299 e. The van der Waals surface area contributed by atoms with Gasteiger partial charge in [0.2, 0.25) is 0 Å². The fraction of sp³-hybridized carbons (Fsp3) is 0.933. The van der Waals surface area contributed by atoms with E-state index < -0.39 is 0 Å². The van der Waals surface area contributed by atoms with E-state index in [4.69, 9.17) is 0 Å². The van der Waals surface area contributed by atoms with Crippen molar-refractivity contribution in [2.75, 3.05) is 0 Å². The molecule has 0 saturated heterocycles. The Kier molecular flexibility index (Phi) is 4.87.